The Kier molecular flexibility index (Phi) is 8.08. The van der Waals surface area contributed by atoms with Gasteiger partial charge in [-0.2, -0.15) is 0 Å². The van der Waals surface area contributed by atoms with Gasteiger partial charge in [0.05, 0.1) is 17.9 Å². The van der Waals surface area contributed by atoms with Crippen molar-refractivity contribution in [2.75, 3.05) is 18.5 Å². The normalized spacial score (nSPS) is 16.8. The maximum Gasteiger partial charge on any atom is 0.338 e. The van der Waals surface area contributed by atoms with Crippen LogP contribution in [-0.2, 0) is 14.3 Å². The predicted octanol–water partition coefficient (Wildman–Crippen LogP) is 4.66. The summed E-state index contributed by atoms with van der Waals surface area (Å²) in [6.45, 7) is 6.01. The van der Waals surface area contributed by atoms with E-state index in [1.165, 1.54) is 16.7 Å². The van der Waals surface area contributed by atoms with E-state index in [4.69, 9.17) is 16.3 Å². The molecule has 2 aromatic carbocycles. The number of thioether (sulfide) groups is 1. The van der Waals surface area contributed by atoms with Crippen molar-refractivity contribution in [2.45, 2.75) is 18.6 Å². The zero-order valence-corrected chi connectivity index (χ0v) is 19.0. The van der Waals surface area contributed by atoms with E-state index in [1.807, 2.05) is 0 Å². The molecule has 1 heterocycles. The van der Waals surface area contributed by atoms with Crippen LogP contribution in [0.2, 0.25) is 5.02 Å². The smallest absolute Gasteiger partial charge is 0.338 e. The fraction of sp³-hybridized carbons (Fsp3) is 0.217. The summed E-state index contributed by atoms with van der Waals surface area (Å²) in [5.74, 6) is -0.946. The number of carbonyl (C=O) groups is 3. The van der Waals surface area contributed by atoms with Crippen molar-refractivity contribution in [3.05, 3.63) is 71.8 Å². The summed E-state index contributed by atoms with van der Waals surface area (Å²) in [6, 6.07) is 13.4. The Bertz CT molecular complexity index is 1060. The fourth-order valence-electron chi connectivity index (χ4n) is 2.96. The summed E-state index contributed by atoms with van der Waals surface area (Å²) in [6.07, 6.45) is 1.59. The highest BCUT2D eigenvalue weighted by Crippen LogP contribution is 2.32. The molecule has 1 unspecified atom stereocenters. The zero-order valence-electron chi connectivity index (χ0n) is 17.4. The summed E-state index contributed by atoms with van der Waals surface area (Å²) >= 11 is 7.25. The molecule has 7 nitrogen and oxygen atoms in total. The van der Waals surface area contributed by atoms with Crippen LogP contribution in [0.25, 0.3) is 0 Å². The van der Waals surface area contributed by atoms with Gasteiger partial charge in [-0.25, -0.2) is 9.79 Å². The van der Waals surface area contributed by atoms with Crippen LogP contribution in [0.5, 0.6) is 0 Å². The summed E-state index contributed by atoms with van der Waals surface area (Å²) in [5.41, 5.74) is 1.54. The molecule has 1 atom stereocenters. The van der Waals surface area contributed by atoms with Crippen molar-refractivity contribution in [2.24, 2.45) is 4.99 Å². The van der Waals surface area contributed by atoms with E-state index >= 15 is 0 Å². The van der Waals surface area contributed by atoms with Crippen LogP contribution >= 0.6 is 23.4 Å². The number of halogens is 1. The van der Waals surface area contributed by atoms with E-state index in [-0.39, 0.29) is 24.8 Å². The maximum atomic E-state index is 12.9. The minimum Gasteiger partial charge on any atom is -0.462 e. The van der Waals surface area contributed by atoms with E-state index in [0.29, 0.717) is 33.7 Å². The molecule has 1 aliphatic rings. The van der Waals surface area contributed by atoms with Gasteiger partial charge < -0.3 is 10.1 Å². The lowest BCUT2D eigenvalue weighted by Gasteiger charge is -2.13. The summed E-state index contributed by atoms with van der Waals surface area (Å²) in [4.78, 5) is 43.2. The van der Waals surface area contributed by atoms with Gasteiger partial charge in [-0.1, -0.05) is 35.5 Å². The van der Waals surface area contributed by atoms with E-state index in [0.717, 1.165) is 0 Å². The number of esters is 1. The molecule has 9 heteroatoms. The number of nitrogens with one attached hydrogen (secondary N) is 1. The number of rotatable bonds is 8. The molecule has 1 fully saturated rings. The second-order valence-electron chi connectivity index (χ2n) is 6.77. The second-order valence-corrected chi connectivity index (χ2v) is 8.37. The van der Waals surface area contributed by atoms with Crippen molar-refractivity contribution in [1.82, 2.24) is 4.90 Å². The van der Waals surface area contributed by atoms with Gasteiger partial charge >= 0.3 is 5.97 Å². The van der Waals surface area contributed by atoms with Crippen LogP contribution in [0.1, 0.15) is 23.7 Å². The highest BCUT2D eigenvalue weighted by Gasteiger charge is 2.38. The summed E-state index contributed by atoms with van der Waals surface area (Å²) < 4.78 is 4.94. The van der Waals surface area contributed by atoms with Gasteiger partial charge in [0.15, 0.2) is 5.17 Å². The highest BCUT2D eigenvalue weighted by atomic mass is 35.5. The van der Waals surface area contributed by atoms with Crippen LogP contribution < -0.4 is 5.32 Å². The van der Waals surface area contributed by atoms with Gasteiger partial charge in [-0.15, -0.1) is 6.58 Å². The van der Waals surface area contributed by atoms with Crippen molar-refractivity contribution >= 4 is 57.7 Å². The number of anilines is 1. The molecule has 1 aliphatic heterocycles. The first-order valence-electron chi connectivity index (χ1n) is 9.91. The number of hydrogen-bond acceptors (Lipinski definition) is 6. The first-order valence-corrected chi connectivity index (χ1v) is 11.2. The number of hydrogen-bond donors (Lipinski definition) is 1. The first-order chi connectivity index (χ1) is 15.4. The van der Waals surface area contributed by atoms with Crippen LogP contribution in [0.3, 0.4) is 0 Å². The minimum absolute atomic E-state index is 0.0225. The molecule has 0 bridgehead atoms. The van der Waals surface area contributed by atoms with Gasteiger partial charge in [0, 0.05) is 23.7 Å². The van der Waals surface area contributed by atoms with E-state index in [9.17, 15) is 14.4 Å². The lowest BCUT2D eigenvalue weighted by atomic mass is 10.2. The molecule has 0 aromatic heterocycles. The second kappa shape index (κ2) is 11.0. The van der Waals surface area contributed by atoms with Crippen LogP contribution in [0.4, 0.5) is 11.4 Å². The largest absolute Gasteiger partial charge is 0.462 e. The first kappa shape index (κ1) is 23.6. The van der Waals surface area contributed by atoms with Crippen LogP contribution in [0.15, 0.2) is 66.2 Å². The van der Waals surface area contributed by atoms with Gasteiger partial charge in [0.2, 0.25) is 11.8 Å². The van der Waals surface area contributed by atoms with Gasteiger partial charge in [-0.3, -0.25) is 14.5 Å². The number of aliphatic imine (C=N–C) groups is 1. The predicted molar refractivity (Wildman–Crippen MR) is 127 cm³/mol. The molecule has 1 N–H and O–H groups in total. The standard InChI is InChI=1S/C23H22ClN3O4S/c1-3-12-27-21(29)19(32-23(27)26-18-7-5-6-16(24)13-18)14-20(28)25-17-10-8-15(9-11-17)22(30)31-4-2/h3,5-11,13,19H,1,4,12,14H2,2H3,(H,25,28). The monoisotopic (exact) mass is 471 g/mol. The molecule has 0 aliphatic carbocycles. The Morgan fingerprint density at radius 2 is 2.03 bits per heavy atom. The van der Waals surface area contributed by atoms with Gasteiger partial charge in [-0.05, 0) is 49.4 Å². The van der Waals surface area contributed by atoms with Crippen LogP contribution in [-0.4, -0.2) is 46.3 Å². The van der Waals surface area contributed by atoms with Crippen molar-refractivity contribution < 1.29 is 19.1 Å². The fourth-order valence-corrected chi connectivity index (χ4v) is 4.31. The number of benzene rings is 2. The molecular formula is C23H22ClN3O4S. The van der Waals surface area contributed by atoms with Gasteiger partial charge in [0.25, 0.3) is 0 Å². The Morgan fingerprint density at radius 1 is 1.28 bits per heavy atom. The maximum absolute atomic E-state index is 12.9. The zero-order chi connectivity index (χ0) is 23.1. The Balaban J connectivity index is 1.67. The molecule has 1 saturated heterocycles. The Labute approximate surface area is 195 Å². The average Bonchev–Trinajstić information content (AvgIpc) is 3.03. The molecular weight excluding hydrogens is 450 g/mol. The quantitative estimate of drug-likeness (QED) is 0.446. The number of carbonyl (C=O) groups excluding carboxylic acids is 3. The Morgan fingerprint density at radius 3 is 2.69 bits per heavy atom. The third-order valence-electron chi connectivity index (χ3n) is 4.42. The van der Waals surface area contributed by atoms with E-state index in [2.05, 4.69) is 16.9 Å². The minimum atomic E-state index is -0.605. The summed E-state index contributed by atoms with van der Waals surface area (Å²) in [7, 11) is 0. The molecule has 0 spiro atoms. The Hall–Kier alpha value is -3.10. The highest BCUT2D eigenvalue weighted by molar-refractivity contribution is 8.15. The molecule has 0 radical (unpaired) electrons. The molecule has 2 aromatic rings. The number of nitrogens with zero attached hydrogens (tertiary/aromatic N) is 2. The lowest BCUT2D eigenvalue weighted by Crippen LogP contribution is -2.33. The number of amidine groups is 1. The SMILES string of the molecule is C=CCN1C(=O)C(CC(=O)Nc2ccc(C(=O)OCC)cc2)SC1=Nc1cccc(Cl)c1. The van der Waals surface area contributed by atoms with Crippen molar-refractivity contribution in [3.8, 4) is 0 Å². The molecule has 32 heavy (non-hydrogen) atoms. The molecule has 3 rings (SSSR count). The third-order valence-corrected chi connectivity index (χ3v) is 5.83. The molecule has 0 saturated carbocycles. The number of amides is 2. The van der Waals surface area contributed by atoms with Crippen LogP contribution in [0, 0.1) is 0 Å². The average molecular weight is 472 g/mol. The summed E-state index contributed by atoms with van der Waals surface area (Å²) in [5, 5.41) is 3.19. The molecule has 166 valence electrons. The van der Waals surface area contributed by atoms with E-state index < -0.39 is 11.2 Å². The van der Waals surface area contributed by atoms with Crippen molar-refractivity contribution in [1.29, 1.82) is 0 Å². The van der Waals surface area contributed by atoms with Gasteiger partial charge in [0.1, 0.15) is 5.25 Å². The number of ether oxygens (including phenoxy) is 1. The van der Waals surface area contributed by atoms with E-state index in [1.54, 1.807) is 61.5 Å². The topological polar surface area (TPSA) is 88.1 Å². The lowest BCUT2D eigenvalue weighted by molar-refractivity contribution is -0.127. The third kappa shape index (κ3) is 5.99. The van der Waals surface area contributed by atoms with Crippen molar-refractivity contribution in [3.63, 3.8) is 0 Å². The molecule has 2 amide bonds.